The SMILES string of the molecule is CC.COC1=C(OC)CCCC(C)=C1.O=CNc1cccc(/C=N/c2ncccc2O)n1. The third-order valence-electron chi connectivity index (χ3n) is 4.16. The number of aromatic hydroxyl groups is 1. The average molecular weight is 441 g/mol. The molecular formula is C24H32N4O4. The molecule has 2 aromatic rings. The van der Waals surface area contributed by atoms with Crippen LogP contribution in [0.4, 0.5) is 11.6 Å². The van der Waals surface area contributed by atoms with Crippen molar-refractivity contribution in [2.75, 3.05) is 19.5 Å². The Morgan fingerprint density at radius 1 is 1.12 bits per heavy atom. The Bertz CT molecular complexity index is 939. The molecule has 32 heavy (non-hydrogen) atoms. The molecule has 0 atom stereocenters. The number of amides is 1. The van der Waals surface area contributed by atoms with Crippen LogP contribution in [0.2, 0.25) is 0 Å². The summed E-state index contributed by atoms with van der Waals surface area (Å²) in [6, 6.07) is 8.22. The van der Waals surface area contributed by atoms with E-state index in [1.165, 1.54) is 24.1 Å². The van der Waals surface area contributed by atoms with Gasteiger partial charge in [0.15, 0.2) is 17.3 Å². The van der Waals surface area contributed by atoms with E-state index >= 15 is 0 Å². The summed E-state index contributed by atoms with van der Waals surface area (Å²) < 4.78 is 10.5. The van der Waals surface area contributed by atoms with E-state index < -0.39 is 0 Å². The van der Waals surface area contributed by atoms with Gasteiger partial charge >= 0.3 is 0 Å². The third-order valence-corrected chi connectivity index (χ3v) is 4.16. The molecule has 0 spiro atoms. The lowest BCUT2D eigenvalue weighted by Gasteiger charge is -2.07. The topological polar surface area (TPSA) is 106 Å². The summed E-state index contributed by atoms with van der Waals surface area (Å²) >= 11 is 0. The van der Waals surface area contributed by atoms with Gasteiger partial charge in [-0.25, -0.2) is 15.0 Å². The van der Waals surface area contributed by atoms with Crippen LogP contribution in [-0.4, -0.2) is 41.9 Å². The zero-order valence-corrected chi connectivity index (χ0v) is 19.3. The number of aromatic nitrogens is 2. The van der Waals surface area contributed by atoms with Crippen molar-refractivity contribution < 1.29 is 19.4 Å². The number of anilines is 1. The first-order chi connectivity index (χ1) is 15.6. The van der Waals surface area contributed by atoms with Crippen LogP contribution in [0.15, 0.2) is 64.7 Å². The molecule has 0 unspecified atom stereocenters. The van der Waals surface area contributed by atoms with Crippen LogP contribution >= 0.6 is 0 Å². The molecule has 0 aliphatic heterocycles. The van der Waals surface area contributed by atoms with Crippen LogP contribution < -0.4 is 5.32 Å². The van der Waals surface area contributed by atoms with E-state index in [1.807, 2.05) is 13.8 Å². The Hall–Kier alpha value is -3.68. The molecule has 0 radical (unpaired) electrons. The van der Waals surface area contributed by atoms with Gasteiger partial charge in [0.25, 0.3) is 0 Å². The Balaban J connectivity index is 0.000000318. The van der Waals surface area contributed by atoms with Crippen LogP contribution in [0.5, 0.6) is 5.75 Å². The Morgan fingerprint density at radius 3 is 2.56 bits per heavy atom. The van der Waals surface area contributed by atoms with Gasteiger partial charge in [-0.3, -0.25) is 4.79 Å². The molecule has 0 aromatic carbocycles. The summed E-state index contributed by atoms with van der Waals surface area (Å²) in [5, 5.41) is 11.9. The van der Waals surface area contributed by atoms with E-state index in [0.717, 1.165) is 30.8 Å². The number of rotatable bonds is 6. The van der Waals surface area contributed by atoms with E-state index in [9.17, 15) is 9.90 Å². The van der Waals surface area contributed by atoms with E-state index in [-0.39, 0.29) is 11.6 Å². The Labute approximate surface area is 189 Å². The molecule has 0 fully saturated rings. The Morgan fingerprint density at radius 2 is 1.91 bits per heavy atom. The standard InChI is InChI=1S/C12H10N4O2.C10H16O2.C2H6/c17-8-15-11-5-1-3-9(16-11)7-14-12-10(18)4-2-6-13-12;1-8-5-4-6-9(11-2)10(7-8)12-3;1-2/h1-8,18H,(H,15,16,17);7H,4-6H2,1-3H3;1-2H3/b14-7+;;. The summed E-state index contributed by atoms with van der Waals surface area (Å²) in [6.45, 7) is 6.12. The van der Waals surface area contributed by atoms with E-state index in [2.05, 4.69) is 33.3 Å². The second kappa shape index (κ2) is 15.2. The summed E-state index contributed by atoms with van der Waals surface area (Å²) in [5.74, 6) is 2.49. The number of carbonyl (C=O) groups is 1. The molecule has 1 amide bonds. The molecule has 1 aliphatic carbocycles. The van der Waals surface area contributed by atoms with Gasteiger partial charge in [-0.15, -0.1) is 0 Å². The van der Waals surface area contributed by atoms with Crippen molar-refractivity contribution in [3.05, 3.63) is 65.4 Å². The number of methoxy groups -OCH3 is 2. The van der Waals surface area contributed by atoms with Crippen molar-refractivity contribution in [1.82, 2.24) is 9.97 Å². The highest BCUT2D eigenvalue weighted by atomic mass is 16.5. The molecule has 8 heteroatoms. The molecule has 0 saturated carbocycles. The third kappa shape index (κ3) is 8.99. The predicted molar refractivity (Wildman–Crippen MR) is 127 cm³/mol. The first kappa shape index (κ1) is 26.4. The first-order valence-corrected chi connectivity index (χ1v) is 10.4. The van der Waals surface area contributed by atoms with Crippen molar-refractivity contribution in [3.8, 4) is 5.75 Å². The van der Waals surface area contributed by atoms with Gasteiger partial charge in [0.2, 0.25) is 6.41 Å². The number of carbonyl (C=O) groups excluding carboxylic acids is 1. The molecule has 2 N–H and O–H groups in total. The first-order valence-electron chi connectivity index (χ1n) is 10.4. The summed E-state index contributed by atoms with van der Waals surface area (Å²) in [7, 11) is 3.38. The number of ether oxygens (including phenoxy) is 2. The summed E-state index contributed by atoms with van der Waals surface area (Å²) in [4.78, 5) is 22.3. The lowest BCUT2D eigenvalue weighted by Crippen LogP contribution is -1.98. The molecular weight excluding hydrogens is 408 g/mol. The molecule has 1 aliphatic rings. The number of allylic oxidation sites excluding steroid dienone is 3. The maximum atomic E-state index is 10.3. The van der Waals surface area contributed by atoms with Gasteiger partial charge in [0.1, 0.15) is 11.6 Å². The molecule has 172 valence electrons. The monoisotopic (exact) mass is 440 g/mol. The van der Waals surface area contributed by atoms with Gasteiger partial charge in [-0.05, 0) is 50.1 Å². The van der Waals surface area contributed by atoms with Crippen LogP contribution in [-0.2, 0) is 14.3 Å². The van der Waals surface area contributed by atoms with Gasteiger partial charge in [-0.2, -0.15) is 0 Å². The van der Waals surface area contributed by atoms with Crippen LogP contribution in [0.25, 0.3) is 0 Å². The average Bonchev–Trinajstić information content (AvgIpc) is 3.01. The molecule has 0 bridgehead atoms. The van der Waals surface area contributed by atoms with E-state index in [1.54, 1.807) is 38.5 Å². The fraction of sp³-hybridized carbons (Fsp3) is 0.333. The fourth-order valence-electron chi connectivity index (χ4n) is 2.68. The van der Waals surface area contributed by atoms with Crippen LogP contribution in [0.1, 0.15) is 45.7 Å². The quantitative estimate of drug-likeness (QED) is 0.475. The predicted octanol–water partition coefficient (Wildman–Crippen LogP) is 5.15. The van der Waals surface area contributed by atoms with Gasteiger partial charge in [0, 0.05) is 12.6 Å². The highest BCUT2D eigenvalue weighted by molar-refractivity contribution is 5.81. The molecule has 0 saturated heterocycles. The highest BCUT2D eigenvalue weighted by Crippen LogP contribution is 2.23. The van der Waals surface area contributed by atoms with Crippen LogP contribution in [0, 0.1) is 0 Å². The molecule has 3 rings (SSSR count). The molecule has 8 nitrogen and oxygen atoms in total. The minimum absolute atomic E-state index is 0.00378. The summed E-state index contributed by atoms with van der Waals surface area (Å²) in [5.41, 5.74) is 1.91. The maximum Gasteiger partial charge on any atom is 0.212 e. The smallest absolute Gasteiger partial charge is 0.212 e. The van der Waals surface area contributed by atoms with Crippen molar-refractivity contribution >= 4 is 24.3 Å². The maximum absolute atomic E-state index is 10.3. The van der Waals surface area contributed by atoms with Crippen molar-refractivity contribution in [1.29, 1.82) is 0 Å². The number of hydrogen-bond acceptors (Lipinski definition) is 7. The highest BCUT2D eigenvalue weighted by Gasteiger charge is 2.10. The summed E-state index contributed by atoms with van der Waals surface area (Å²) in [6.07, 6.45) is 8.87. The fourth-order valence-corrected chi connectivity index (χ4v) is 2.68. The van der Waals surface area contributed by atoms with Gasteiger partial charge in [0.05, 0.1) is 26.1 Å². The normalized spacial score (nSPS) is 13.0. The van der Waals surface area contributed by atoms with Crippen molar-refractivity contribution in [3.63, 3.8) is 0 Å². The van der Waals surface area contributed by atoms with E-state index in [0.29, 0.717) is 17.9 Å². The Kier molecular flexibility index (Phi) is 12.5. The number of hydrogen-bond donors (Lipinski definition) is 2. The number of nitrogens with one attached hydrogen (secondary N) is 1. The van der Waals surface area contributed by atoms with Crippen LogP contribution in [0.3, 0.4) is 0 Å². The largest absolute Gasteiger partial charge is 0.504 e. The van der Waals surface area contributed by atoms with Crippen molar-refractivity contribution in [2.24, 2.45) is 4.99 Å². The minimum atomic E-state index is -0.00378. The lowest BCUT2D eigenvalue weighted by atomic mass is 10.1. The second-order valence-corrected chi connectivity index (χ2v) is 6.35. The second-order valence-electron chi connectivity index (χ2n) is 6.35. The molecule has 2 aromatic heterocycles. The zero-order valence-electron chi connectivity index (χ0n) is 19.3. The zero-order chi connectivity index (χ0) is 23.8. The molecule has 2 heterocycles. The van der Waals surface area contributed by atoms with Crippen molar-refractivity contribution in [2.45, 2.75) is 40.0 Å². The number of nitrogens with zero attached hydrogens (tertiary/aromatic N) is 3. The minimum Gasteiger partial charge on any atom is -0.504 e. The number of pyridine rings is 2. The van der Waals surface area contributed by atoms with Gasteiger partial charge in [-0.1, -0.05) is 25.5 Å². The number of aliphatic imine (C=N–C) groups is 1. The lowest BCUT2D eigenvalue weighted by molar-refractivity contribution is -0.105. The van der Waals surface area contributed by atoms with Gasteiger partial charge < -0.3 is 19.9 Å². The van der Waals surface area contributed by atoms with E-state index in [4.69, 9.17) is 9.47 Å².